The van der Waals surface area contributed by atoms with E-state index in [0.717, 1.165) is 23.4 Å². The van der Waals surface area contributed by atoms with Gasteiger partial charge >= 0.3 is 5.97 Å². The predicted octanol–water partition coefficient (Wildman–Crippen LogP) is 4.40. The first-order valence-electron chi connectivity index (χ1n) is 9.54. The summed E-state index contributed by atoms with van der Waals surface area (Å²) >= 11 is 1.17. The van der Waals surface area contributed by atoms with Crippen LogP contribution in [0.1, 0.15) is 31.7 Å². The van der Waals surface area contributed by atoms with Crippen molar-refractivity contribution in [2.24, 2.45) is 0 Å². The number of carbonyl (C=O) groups is 1. The summed E-state index contributed by atoms with van der Waals surface area (Å²) in [7, 11) is -3.88. The van der Waals surface area contributed by atoms with Crippen molar-refractivity contribution >= 4 is 38.2 Å². The summed E-state index contributed by atoms with van der Waals surface area (Å²) in [5.41, 5.74) is 1.80. The van der Waals surface area contributed by atoms with Gasteiger partial charge in [0, 0.05) is 34.8 Å². The Morgan fingerprint density at radius 2 is 1.97 bits per heavy atom. The molecule has 4 rings (SSSR count). The Balaban J connectivity index is 1.78. The fourth-order valence-corrected chi connectivity index (χ4v) is 6.15. The predicted molar refractivity (Wildman–Crippen MR) is 116 cm³/mol. The first kappa shape index (κ1) is 20.4. The summed E-state index contributed by atoms with van der Waals surface area (Å²) in [5.74, 6) is -1.83. The summed E-state index contributed by atoms with van der Waals surface area (Å²) in [6.45, 7) is 4.42. The average Bonchev–Trinajstić information content (AvgIpc) is 3.45. The maximum atomic E-state index is 13.4. The SMILES string of the molecule is CCCn1cc(-c2ccc(S(=O)(=O)n3cc(C(C)C(=O)O)c4ccccc43)s2)cn1. The van der Waals surface area contributed by atoms with Gasteiger partial charge in [0.05, 0.1) is 17.6 Å². The largest absolute Gasteiger partial charge is 0.481 e. The van der Waals surface area contributed by atoms with Gasteiger partial charge in [0.15, 0.2) is 0 Å². The standard InChI is InChI=1S/C21H21N3O4S2/c1-3-10-23-12-15(11-22-23)19-8-9-20(29-19)30(27,28)24-13-17(14(2)21(25)26)16-6-4-5-7-18(16)24/h4-9,11-14H,3,10H2,1-2H3,(H,25,26). The molecule has 156 valence electrons. The lowest BCUT2D eigenvalue weighted by Gasteiger charge is -2.05. The Morgan fingerprint density at radius 3 is 2.70 bits per heavy atom. The molecule has 1 aromatic carbocycles. The number of benzene rings is 1. The Morgan fingerprint density at radius 1 is 1.20 bits per heavy atom. The van der Waals surface area contributed by atoms with Crippen LogP contribution in [-0.2, 0) is 21.4 Å². The molecule has 4 aromatic rings. The van der Waals surface area contributed by atoms with Gasteiger partial charge in [0.1, 0.15) is 4.21 Å². The second-order valence-electron chi connectivity index (χ2n) is 7.07. The van der Waals surface area contributed by atoms with E-state index in [2.05, 4.69) is 12.0 Å². The molecule has 3 heterocycles. The molecular weight excluding hydrogens is 422 g/mol. The van der Waals surface area contributed by atoms with Crippen LogP contribution in [0, 0.1) is 0 Å². The molecular formula is C21H21N3O4S2. The lowest BCUT2D eigenvalue weighted by molar-refractivity contribution is -0.138. The lowest BCUT2D eigenvalue weighted by atomic mass is 10.0. The maximum Gasteiger partial charge on any atom is 0.310 e. The van der Waals surface area contributed by atoms with E-state index in [4.69, 9.17) is 0 Å². The molecule has 0 aliphatic heterocycles. The minimum absolute atomic E-state index is 0.191. The number of carboxylic acid groups (broad SMARTS) is 1. The summed E-state index contributed by atoms with van der Waals surface area (Å²) in [5, 5.41) is 14.4. The van der Waals surface area contributed by atoms with Crippen molar-refractivity contribution in [2.45, 2.75) is 36.9 Å². The number of thiophene rings is 1. The van der Waals surface area contributed by atoms with Crippen LogP contribution in [0.25, 0.3) is 21.3 Å². The fraction of sp³-hybridized carbons (Fsp3) is 0.238. The number of para-hydroxylation sites is 1. The van der Waals surface area contributed by atoms with Gasteiger partial charge in [-0.25, -0.2) is 3.97 Å². The van der Waals surface area contributed by atoms with Crippen LogP contribution in [0.2, 0.25) is 0 Å². The van der Waals surface area contributed by atoms with E-state index >= 15 is 0 Å². The van der Waals surface area contributed by atoms with Gasteiger partial charge in [0.2, 0.25) is 0 Å². The highest BCUT2D eigenvalue weighted by Crippen LogP contribution is 2.35. The molecule has 1 atom stereocenters. The number of aromatic nitrogens is 3. The van der Waals surface area contributed by atoms with Crippen LogP contribution in [0.5, 0.6) is 0 Å². The highest BCUT2D eigenvalue weighted by Gasteiger charge is 2.26. The van der Waals surface area contributed by atoms with E-state index < -0.39 is 21.9 Å². The minimum Gasteiger partial charge on any atom is -0.481 e. The smallest absolute Gasteiger partial charge is 0.310 e. The zero-order valence-electron chi connectivity index (χ0n) is 16.5. The van der Waals surface area contributed by atoms with E-state index in [1.54, 1.807) is 49.5 Å². The molecule has 0 fully saturated rings. The molecule has 1 unspecified atom stereocenters. The molecule has 1 N–H and O–H groups in total. The molecule has 0 aliphatic rings. The number of hydrogen-bond acceptors (Lipinski definition) is 5. The second-order valence-corrected chi connectivity index (χ2v) is 10.2. The summed E-state index contributed by atoms with van der Waals surface area (Å²) in [4.78, 5) is 12.3. The maximum absolute atomic E-state index is 13.4. The van der Waals surface area contributed by atoms with Crippen molar-refractivity contribution in [1.82, 2.24) is 13.8 Å². The van der Waals surface area contributed by atoms with Crippen LogP contribution in [-0.4, -0.2) is 33.2 Å². The van der Waals surface area contributed by atoms with Crippen LogP contribution in [0.3, 0.4) is 0 Å². The topological polar surface area (TPSA) is 94.2 Å². The normalized spacial score (nSPS) is 13.0. The third-order valence-electron chi connectivity index (χ3n) is 5.01. The van der Waals surface area contributed by atoms with Gasteiger partial charge < -0.3 is 5.11 Å². The summed E-state index contributed by atoms with van der Waals surface area (Å²) in [6, 6.07) is 10.3. The van der Waals surface area contributed by atoms with E-state index in [-0.39, 0.29) is 4.21 Å². The number of nitrogens with zero attached hydrogens (tertiary/aromatic N) is 3. The molecule has 0 radical (unpaired) electrons. The quantitative estimate of drug-likeness (QED) is 0.457. The Bertz CT molecular complexity index is 1330. The number of rotatable bonds is 7. The highest BCUT2D eigenvalue weighted by molar-refractivity contribution is 7.92. The van der Waals surface area contributed by atoms with Crippen molar-refractivity contribution in [1.29, 1.82) is 0 Å². The Labute approximate surface area is 178 Å². The Hall–Kier alpha value is -2.91. The van der Waals surface area contributed by atoms with Crippen molar-refractivity contribution in [3.05, 3.63) is 60.6 Å². The highest BCUT2D eigenvalue weighted by atomic mass is 32.2. The van der Waals surface area contributed by atoms with Crippen LogP contribution >= 0.6 is 11.3 Å². The molecule has 0 saturated carbocycles. The third-order valence-corrected chi connectivity index (χ3v) is 8.29. The van der Waals surface area contributed by atoms with Crippen LogP contribution in [0.4, 0.5) is 0 Å². The fourth-order valence-electron chi connectivity index (χ4n) is 3.41. The van der Waals surface area contributed by atoms with E-state index in [9.17, 15) is 18.3 Å². The van der Waals surface area contributed by atoms with Crippen LogP contribution < -0.4 is 0 Å². The second kappa shape index (κ2) is 7.73. The van der Waals surface area contributed by atoms with Crippen molar-refractivity contribution in [2.75, 3.05) is 0 Å². The molecule has 0 spiro atoms. The number of fused-ring (bicyclic) bond motifs is 1. The number of aryl methyl sites for hydroxylation is 1. The zero-order chi connectivity index (χ0) is 21.5. The molecule has 30 heavy (non-hydrogen) atoms. The molecule has 0 aliphatic carbocycles. The van der Waals surface area contributed by atoms with E-state index in [1.165, 1.54) is 21.5 Å². The monoisotopic (exact) mass is 443 g/mol. The molecule has 0 bridgehead atoms. The minimum atomic E-state index is -3.88. The van der Waals surface area contributed by atoms with Crippen molar-refractivity contribution < 1.29 is 18.3 Å². The lowest BCUT2D eigenvalue weighted by Crippen LogP contribution is -2.11. The van der Waals surface area contributed by atoms with Crippen LogP contribution in [0.15, 0.2) is 59.2 Å². The third kappa shape index (κ3) is 3.44. The van der Waals surface area contributed by atoms with Crippen molar-refractivity contribution in [3.63, 3.8) is 0 Å². The van der Waals surface area contributed by atoms with Gasteiger partial charge in [-0.05, 0) is 37.1 Å². The van der Waals surface area contributed by atoms with Gasteiger partial charge in [-0.15, -0.1) is 11.3 Å². The number of carboxylic acids is 1. The van der Waals surface area contributed by atoms with Gasteiger partial charge in [-0.2, -0.15) is 13.5 Å². The molecule has 0 saturated heterocycles. The van der Waals surface area contributed by atoms with Gasteiger partial charge in [-0.1, -0.05) is 25.1 Å². The number of aliphatic carboxylic acids is 1. The van der Waals surface area contributed by atoms with Gasteiger partial charge in [-0.3, -0.25) is 9.48 Å². The van der Waals surface area contributed by atoms with E-state index in [0.29, 0.717) is 16.5 Å². The summed E-state index contributed by atoms with van der Waals surface area (Å²) in [6.07, 6.45) is 6.03. The molecule has 0 amide bonds. The Kier molecular flexibility index (Phi) is 5.25. The van der Waals surface area contributed by atoms with Crippen molar-refractivity contribution in [3.8, 4) is 10.4 Å². The first-order chi connectivity index (χ1) is 14.3. The molecule has 3 aromatic heterocycles. The number of hydrogen-bond donors (Lipinski definition) is 1. The zero-order valence-corrected chi connectivity index (χ0v) is 18.2. The molecule has 9 heteroatoms. The molecule has 7 nitrogen and oxygen atoms in total. The summed E-state index contributed by atoms with van der Waals surface area (Å²) < 4.78 is 30.0. The van der Waals surface area contributed by atoms with Gasteiger partial charge in [0.25, 0.3) is 10.0 Å². The van der Waals surface area contributed by atoms with E-state index in [1.807, 2.05) is 10.9 Å². The first-order valence-corrected chi connectivity index (χ1v) is 11.8. The average molecular weight is 444 g/mol.